The zero-order valence-electron chi connectivity index (χ0n) is 13.8. The topological polar surface area (TPSA) is 76.8 Å². The quantitative estimate of drug-likeness (QED) is 0.813. The summed E-state index contributed by atoms with van der Waals surface area (Å²) >= 11 is 5.52. The Bertz CT molecular complexity index is 779. The Hall–Kier alpha value is -2.80. The SMILES string of the molecule is COc1ccc(CNC(=S)N2C[C@H](C(N)=O)Oc3ccccc32)cc1. The highest BCUT2D eigenvalue weighted by molar-refractivity contribution is 7.80. The molecule has 0 aromatic heterocycles. The number of anilines is 1. The van der Waals surface area contributed by atoms with Crippen LogP contribution in [0.25, 0.3) is 0 Å². The Morgan fingerprint density at radius 1 is 1.32 bits per heavy atom. The first-order valence-corrected chi connectivity index (χ1v) is 8.22. The molecule has 25 heavy (non-hydrogen) atoms. The fourth-order valence-electron chi connectivity index (χ4n) is 2.59. The monoisotopic (exact) mass is 357 g/mol. The van der Waals surface area contributed by atoms with Gasteiger partial charge in [-0.25, -0.2) is 0 Å². The molecule has 0 saturated carbocycles. The highest BCUT2D eigenvalue weighted by Gasteiger charge is 2.31. The zero-order chi connectivity index (χ0) is 17.8. The first kappa shape index (κ1) is 17.0. The van der Waals surface area contributed by atoms with Crippen LogP contribution in [0.5, 0.6) is 11.5 Å². The molecule has 1 amide bonds. The van der Waals surface area contributed by atoms with Crippen molar-refractivity contribution in [2.45, 2.75) is 12.6 Å². The molecule has 0 radical (unpaired) electrons. The minimum absolute atomic E-state index is 0.279. The number of nitrogens with zero attached hydrogens (tertiary/aromatic N) is 1. The van der Waals surface area contributed by atoms with E-state index in [1.165, 1.54) is 0 Å². The number of amides is 1. The number of hydrogen-bond donors (Lipinski definition) is 2. The number of para-hydroxylation sites is 2. The minimum Gasteiger partial charge on any atom is -0.497 e. The maximum atomic E-state index is 11.6. The third-order valence-electron chi connectivity index (χ3n) is 3.94. The van der Waals surface area contributed by atoms with Crippen molar-refractivity contribution >= 4 is 28.9 Å². The van der Waals surface area contributed by atoms with Gasteiger partial charge in [-0.05, 0) is 42.0 Å². The van der Waals surface area contributed by atoms with E-state index in [1.807, 2.05) is 47.4 Å². The predicted octanol–water partition coefficient (Wildman–Crippen LogP) is 1.82. The lowest BCUT2D eigenvalue weighted by Crippen LogP contribution is -2.51. The molecule has 2 aromatic carbocycles. The van der Waals surface area contributed by atoms with E-state index < -0.39 is 12.0 Å². The summed E-state index contributed by atoms with van der Waals surface area (Å²) in [4.78, 5) is 13.4. The smallest absolute Gasteiger partial charge is 0.260 e. The second-order valence-corrected chi connectivity index (χ2v) is 5.98. The van der Waals surface area contributed by atoms with Crippen LogP contribution in [0.2, 0.25) is 0 Å². The van der Waals surface area contributed by atoms with E-state index in [0.29, 0.717) is 17.4 Å². The molecule has 0 bridgehead atoms. The summed E-state index contributed by atoms with van der Waals surface area (Å²) in [6.45, 7) is 0.838. The average Bonchev–Trinajstić information content (AvgIpc) is 2.65. The van der Waals surface area contributed by atoms with Crippen LogP contribution >= 0.6 is 12.2 Å². The predicted molar refractivity (Wildman–Crippen MR) is 99.8 cm³/mol. The number of primary amides is 1. The number of nitrogens with two attached hydrogens (primary N) is 1. The molecule has 0 unspecified atom stereocenters. The van der Waals surface area contributed by atoms with E-state index in [2.05, 4.69) is 5.32 Å². The molecule has 6 nitrogen and oxygen atoms in total. The number of carbonyl (C=O) groups excluding carboxylic acids is 1. The summed E-state index contributed by atoms with van der Waals surface area (Å²) in [6.07, 6.45) is -0.740. The van der Waals surface area contributed by atoms with E-state index in [0.717, 1.165) is 17.0 Å². The first-order chi connectivity index (χ1) is 12.1. The molecule has 7 heteroatoms. The fraction of sp³-hybridized carbons (Fsp3) is 0.222. The van der Waals surface area contributed by atoms with Gasteiger partial charge in [0, 0.05) is 6.54 Å². The van der Waals surface area contributed by atoms with Crippen molar-refractivity contribution in [1.82, 2.24) is 5.32 Å². The number of benzene rings is 2. The summed E-state index contributed by atoms with van der Waals surface area (Å²) in [5.41, 5.74) is 7.29. The van der Waals surface area contributed by atoms with E-state index in [1.54, 1.807) is 13.2 Å². The average molecular weight is 357 g/mol. The second-order valence-electron chi connectivity index (χ2n) is 5.59. The number of rotatable bonds is 4. The van der Waals surface area contributed by atoms with Gasteiger partial charge in [-0.1, -0.05) is 24.3 Å². The third kappa shape index (κ3) is 3.83. The van der Waals surface area contributed by atoms with Crippen molar-refractivity contribution in [3.8, 4) is 11.5 Å². The maximum Gasteiger partial charge on any atom is 0.260 e. The van der Waals surface area contributed by atoms with E-state index >= 15 is 0 Å². The van der Waals surface area contributed by atoms with Crippen LogP contribution in [0.3, 0.4) is 0 Å². The Morgan fingerprint density at radius 3 is 2.72 bits per heavy atom. The van der Waals surface area contributed by atoms with E-state index in [4.69, 9.17) is 27.4 Å². The van der Waals surface area contributed by atoms with Gasteiger partial charge >= 0.3 is 0 Å². The molecule has 3 rings (SSSR count). The van der Waals surface area contributed by atoms with Gasteiger partial charge in [0.2, 0.25) is 0 Å². The number of carbonyl (C=O) groups is 1. The Balaban J connectivity index is 1.72. The molecule has 0 spiro atoms. The molecule has 1 aliphatic rings. The van der Waals surface area contributed by atoms with Crippen LogP contribution in [0.15, 0.2) is 48.5 Å². The van der Waals surface area contributed by atoms with Gasteiger partial charge in [-0.2, -0.15) is 0 Å². The van der Waals surface area contributed by atoms with Gasteiger partial charge in [-0.15, -0.1) is 0 Å². The molecular weight excluding hydrogens is 338 g/mol. The number of methoxy groups -OCH3 is 1. The minimum atomic E-state index is -0.740. The van der Waals surface area contributed by atoms with Crippen LogP contribution in [-0.2, 0) is 11.3 Å². The molecular formula is C18H19N3O3S. The number of fused-ring (bicyclic) bond motifs is 1. The van der Waals surface area contributed by atoms with Crippen molar-refractivity contribution in [3.63, 3.8) is 0 Å². The summed E-state index contributed by atoms with van der Waals surface area (Å²) in [5.74, 6) is 0.876. The number of nitrogens with one attached hydrogen (secondary N) is 1. The molecule has 0 aliphatic carbocycles. The lowest BCUT2D eigenvalue weighted by atomic mass is 10.2. The van der Waals surface area contributed by atoms with Crippen LogP contribution in [0.1, 0.15) is 5.56 Å². The van der Waals surface area contributed by atoms with Gasteiger partial charge in [0.05, 0.1) is 19.3 Å². The Kier molecular flexibility index (Phi) is 5.04. The fourth-order valence-corrected chi connectivity index (χ4v) is 2.84. The summed E-state index contributed by atoms with van der Waals surface area (Å²) in [7, 11) is 1.63. The van der Waals surface area contributed by atoms with E-state index in [-0.39, 0.29) is 6.54 Å². The van der Waals surface area contributed by atoms with Gasteiger partial charge < -0.3 is 25.4 Å². The zero-order valence-corrected chi connectivity index (χ0v) is 14.6. The largest absolute Gasteiger partial charge is 0.497 e. The lowest BCUT2D eigenvalue weighted by Gasteiger charge is -2.35. The van der Waals surface area contributed by atoms with Gasteiger partial charge in [0.25, 0.3) is 5.91 Å². The normalized spacial score (nSPS) is 15.7. The lowest BCUT2D eigenvalue weighted by molar-refractivity contribution is -0.124. The van der Waals surface area contributed by atoms with Gasteiger partial charge in [0.1, 0.15) is 11.5 Å². The van der Waals surface area contributed by atoms with Crippen LogP contribution < -0.4 is 25.4 Å². The summed E-state index contributed by atoms with van der Waals surface area (Å²) in [5, 5.41) is 3.73. The van der Waals surface area contributed by atoms with E-state index in [9.17, 15) is 4.79 Å². The summed E-state index contributed by atoms with van der Waals surface area (Å²) < 4.78 is 10.8. The number of ether oxygens (including phenoxy) is 2. The number of thiocarbonyl (C=S) groups is 1. The van der Waals surface area contributed by atoms with Crippen molar-refractivity contribution in [2.24, 2.45) is 5.73 Å². The highest BCUT2D eigenvalue weighted by atomic mass is 32.1. The second kappa shape index (κ2) is 7.40. The van der Waals surface area contributed by atoms with Gasteiger partial charge in [-0.3, -0.25) is 4.79 Å². The van der Waals surface area contributed by atoms with Crippen molar-refractivity contribution in [2.75, 3.05) is 18.6 Å². The molecule has 130 valence electrons. The Labute approximate surface area is 151 Å². The highest BCUT2D eigenvalue weighted by Crippen LogP contribution is 2.33. The molecule has 1 heterocycles. The standard InChI is InChI=1S/C18H19N3O3S/c1-23-13-8-6-12(7-9-13)10-20-18(25)21-11-16(17(19)22)24-15-5-3-2-4-14(15)21/h2-9,16H,10-11H2,1H3,(H2,19,22)(H,20,25)/t16-/m1/s1. The van der Waals surface area contributed by atoms with Crippen LogP contribution in [-0.4, -0.2) is 30.8 Å². The first-order valence-electron chi connectivity index (χ1n) is 7.82. The molecule has 3 N–H and O–H groups in total. The van der Waals surface area contributed by atoms with Gasteiger partial charge in [0.15, 0.2) is 11.2 Å². The van der Waals surface area contributed by atoms with Crippen molar-refractivity contribution in [1.29, 1.82) is 0 Å². The van der Waals surface area contributed by atoms with Crippen LogP contribution in [0.4, 0.5) is 5.69 Å². The third-order valence-corrected chi connectivity index (χ3v) is 4.30. The summed E-state index contributed by atoms with van der Waals surface area (Å²) in [6, 6.07) is 15.2. The maximum absolute atomic E-state index is 11.6. The van der Waals surface area contributed by atoms with Crippen molar-refractivity contribution < 1.29 is 14.3 Å². The molecule has 1 atom stereocenters. The molecule has 2 aromatic rings. The molecule has 1 aliphatic heterocycles. The van der Waals surface area contributed by atoms with Crippen LogP contribution in [0, 0.1) is 0 Å². The number of hydrogen-bond acceptors (Lipinski definition) is 4. The molecule has 0 saturated heterocycles. The molecule has 0 fully saturated rings. The van der Waals surface area contributed by atoms with Crippen molar-refractivity contribution in [3.05, 3.63) is 54.1 Å². The Morgan fingerprint density at radius 2 is 2.04 bits per heavy atom.